The Labute approximate surface area is 98.5 Å². The van der Waals surface area contributed by atoms with Gasteiger partial charge in [0.1, 0.15) is 0 Å². The van der Waals surface area contributed by atoms with Gasteiger partial charge in [-0.05, 0) is 31.0 Å². The van der Waals surface area contributed by atoms with Crippen molar-refractivity contribution in [2.24, 2.45) is 11.8 Å². The number of benzene rings is 1. The van der Waals surface area contributed by atoms with Crippen LogP contribution in [0.4, 0.5) is 4.39 Å². The van der Waals surface area contributed by atoms with Crippen LogP contribution in [0, 0.1) is 24.6 Å². The Morgan fingerprint density at radius 3 is 3.00 bits per heavy atom. The predicted octanol–water partition coefficient (Wildman–Crippen LogP) is 2.07. The number of hydrogen-bond donors (Lipinski definition) is 0. The predicted molar refractivity (Wildman–Crippen MR) is 58.1 cm³/mol. The highest BCUT2D eigenvalue weighted by Crippen LogP contribution is 2.49. The Hall–Kier alpha value is -1.42. The summed E-state index contributed by atoms with van der Waals surface area (Å²) in [6, 6.07) is 4.56. The molecule has 1 aromatic rings. The highest BCUT2D eigenvalue weighted by atomic mass is 19.1. The van der Waals surface area contributed by atoms with Crippen molar-refractivity contribution in [3.05, 3.63) is 29.6 Å². The van der Waals surface area contributed by atoms with Crippen LogP contribution in [-0.4, -0.2) is 18.7 Å². The van der Waals surface area contributed by atoms with Crippen LogP contribution in [0.15, 0.2) is 18.2 Å². The molecule has 17 heavy (non-hydrogen) atoms. The molecule has 1 aliphatic heterocycles. The van der Waals surface area contributed by atoms with E-state index in [2.05, 4.69) is 0 Å². The number of rotatable bonds is 2. The van der Waals surface area contributed by atoms with Gasteiger partial charge in [0, 0.05) is 12.5 Å². The zero-order chi connectivity index (χ0) is 12.0. The average molecular weight is 236 g/mol. The molecule has 2 fully saturated rings. The van der Waals surface area contributed by atoms with Crippen molar-refractivity contribution in [3.8, 4) is 5.75 Å². The van der Waals surface area contributed by atoms with Crippen LogP contribution < -0.4 is 4.74 Å². The van der Waals surface area contributed by atoms with E-state index in [1.165, 1.54) is 12.1 Å². The number of ether oxygens (including phenoxy) is 2. The van der Waals surface area contributed by atoms with E-state index in [0.717, 1.165) is 18.6 Å². The summed E-state index contributed by atoms with van der Waals surface area (Å²) in [4.78, 5) is 11.8. The normalized spacial score (nSPS) is 29.9. The highest BCUT2D eigenvalue weighted by molar-refractivity contribution is 5.79. The number of hydrogen-bond acceptors (Lipinski definition) is 3. The third kappa shape index (κ3) is 1.82. The molecule has 2 aliphatic rings. The molecule has 3 nitrogen and oxygen atoms in total. The number of esters is 1. The van der Waals surface area contributed by atoms with Gasteiger partial charge in [0.05, 0.1) is 12.0 Å². The molecule has 1 saturated carbocycles. The monoisotopic (exact) mass is 236 g/mol. The maximum atomic E-state index is 13.5. The lowest BCUT2D eigenvalue weighted by molar-refractivity contribution is -0.137. The fourth-order valence-corrected chi connectivity index (χ4v) is 2.43. The minimum absolute atomic E-state index is 0.00516. The van der Waals surface area contributed by atoms with Gasteiger partial charge < -0.3 is 9.47 Å². The molecule has 1 saturated heterocycles. The molecule has 0 N–H and O–H groups in total. The molecule has 0 radical (unpaired) electrons. The van der Waals surface area contributed by atoms with Crippen LogP contribution in [0.1, 0.15) is 12.0 Å². The maximum absolute atomic E-state index is 13.5. The van der Waals surface area contributed by atoms with Crippen LogP contribution >= 0.6 is 0 Å². The van der Waals surface area contributed by atoms with E-state index in [4.69, 9.17) is 9.47 Å². The third-order valence-electron chi connectivity index (χ3n) is 3.43. The molecule has 0 aromatic heterocycles. The number of carbonyl (C=O) groups excluding carboxylic acids is 1. The van der Waals surface area contributed by atoms with Crippen molar-refractivity contribution < 1.29 is 18.7 Å². The van der Waals surface area contributed by atoms with Crippen molar-refractivity contribution >= 4 is 5.97 Å². The Morgan fingerprint density at radius 1 is 1.53 bits per heavy atom. The number of aryl methyl sites for hydroxylation is 1. The summed E-state index contributed by atoms with van der Waals surface area (Å²) in [6.07, 6.45) is 0.914. The fraction of sp³-hybridized carbons (Fsp3) is 0.462. The van der Waals surface area contributed by atoms with E-state index in [1.54, 1.807) is 13.0 Å². The SMILES string of the molecule is Cc1ccc(OC(=O)[C@H]2[C@@H]3CCO[C@@H]32)c(F)c1. The molecular formula is C13H13FO3. The van der Waals surface area contributed by atoms with Crippen LogP contribution in [-0.2, 0) is 9.53 Å². The van der Waals surface area contributed by atoms with Gasteiger partial charge >= 0.3 is 5.97 Å². The van der Waals surface area contributed by atoms with E-state index in [9.17, 15) is 9.18 Å². The minimum atomic E-state index is -0.495. The van der Waals surface area contributed by atoms with Crippen molar-refractivity contribution in [1.29, 1.82) is 0 Å². The fourth-order valence-electron chi connectivity index (χ4n) is 2.43. The number of carbonyl (C=O) groups is 1. The summed E-state index contributed by atoms with van der Waals surface area (Å²) in [7, 11) is 0. The first kappa shape index (κ1) is 10.7. The smallest absolute Gasteiger partial charge is 0.317 e. The molecule has 1 aromatic carbocycles. The average Bonchev–Trinajstić information content (AvgIpc) is 2.77. The van der Waals surface area contributed by atoms with Crippen LogP contribution in [0.2, 0.25) is 0 Å². The van der Waals surface area contributed by atoms with Crippen molar-refractivity contribution in [1.82, 2.24) is 0 Å². The van der Waals surface area contributed by atoms with Crippen LogP contribution in [0.25, 0.3) is 0 Å². The summed E-state index contributed by atoms with van der Waals surface area (Å²) in [5, 5.41) is 0. The lowest BCUT2D eigenvalue weighted by Crippen LogP contribution is -2.16. The molecule has 0 bridgehead atoms. The summed E-state index contributed by atoms with van der Waals surface area (Å²) < 4.78 is 23.9. The molecule has 4 heteroatoms. The lowest BCUT2D eigenvalue weighted by Gasteiger charge is -2.07. The first-order valence-corrected chi connectivity index (χ1v) is 5.76. The summed E-state index contributed by atoms with van der Waals surface area (Å²) in [5.74, 6) is -0.765. The van der Waals surface area contributed by atoms with E-state index in [1.807, 2.05) is 0 Å². The van der Waals surface area contributed by atoms with Crippen LogP contribution in [0.3, 0.4) is 0 Å². The van der Waals surface area contributed by atoms with Gasteiger partial charge in [-0.25, -0.2) is 4.39 Å². The highest BCUT2D eigenvalue weighted by Gasteiger charge is 2.59. The summed E-state index contributed by atoms with van der Waals surface area (Å²) in [5.41, 5.74) is 0.800. The lowest BCUT2D eigenvalue weighted by atomic mass is 10.2. The Balaban J connectivity index is 1.69. The van der Waals surface area contributed by atoms with E-state index in [0.29, 0.717) is 0 Å². The zero-order valence-corrected chi connectivity index (χ0v) is 9.48. The quantitative estimate of drug-likeness (QED) is 0.582. The second kappa shape index (κ2) is 3.81. The molecule has 1 heterocycles. The largest absolute Gasteiger partial charge is 0.423 e. The molecule has 1 aliphatic carbocycles. The van der Waals surface area contributed by atoms with Crippen LogP contribution in [0.5, 0.6) is 5.75 Å². The molecule has 3 rings (SSSR count). The minimum Gasteiger partial charge on any atom is -0.423 e. The Kier molecular flexibility index (Phi) is 2.40. The summed E-state index contributed by atoms with van der Waals surface area (Å²) in [6.45, 7) is 2.51. The Bertz CT molecular complexity index is 462. The van der Waals surface area contributed by atoms with E-state index >= 15 is 0 Å². The van der Waals surface area contributed by atoms with Crippen molar-refractivity contribution in [2.75, 3.05) is 6.61 Å². The molecule has 90 valence electrons. The first-order chi connectivity index (χ1) is 8.16. The number of fused-ring (bicyclic) bond motifs is 1. The van der Waals surface area contributed by atoms with E-state index in [-0.39, 0.29) is 29.7 Å². The molecule has 0 spiro atoms. The second-order valence-corrected chi connectivity index (χ2v) is 4.67. The molecule has 0 amide bonds. The summed E-state index contributed by atoms with van der Waals surface area (Å²) >= 11 is 0. The molecular weight excluding hydrogens is 223 g/mol. The Morgan fingerprint density at radius 2 is 2.35 bits per heavy atom. The first-order valence-electron chi connectivity index (χ1n) is 5.76. The van der Waals surface area contributed by atoms with Gasteiger partial charge in [-0.15, -0.1) is 0 Å². The van der Waals surface area contributed by atoms with Crippen molar-refractivity contribution in [2.45, 2.75) is 19.4 Å². The zero-order valence-electron chi connectivity index (χ0n) is 9.48. The third-order valence-corrected chi connectivity index (χ3v) is 3.43. The van der Waals surface area contributed by atoms with Crippen molar-refractivity contribution in [3.63, 3.8) is 0 Å². The molecule has 0 unspecified atom stereocenters. The van der Waals surface area contributed by atoms with Gasteiger partial charge in [-0.3, -0.25) is 4.79 Å². The topological polar surface area (TPSA) is 35.5 Å². The van der Waals surface area contributed by atoms with E-state index < -0.39 is 5.82 Å². The van der Waals surface area contributed by atoms with Gasteiger partial charge in [-0.2, -0.15) is 0 Å². The van der Waals surface area contributed by atoms with Gasteiger partial charge in [0.15, 0.2) is 11.6 Å². The maximum Gasteiger partial charge on any atom is 0.317 e. The van der Waals surface area contributed by atoms with Gasteiger partial charge in [0.2, 0.25) is 0 Å². The molecule has 3 atom stereocenters. The standard InChI is InChI=1S/C13H13FO3/c1-7-2-3-10(9(14)6-7)17-13(15)11-8-4-5-16-12(8)11/h2-3,6,8,11-12H,4-5H2,1H3/t8-,11-,12-/m0/s1. The van der Waals surface area contributed by atoms with Gasteiger partial charge in [0.25, 0.3) is 0 Å². The second-order valence-electron chi connectivity index (χ2n) is 4.67. The van der Waals surface area contributed by atoms with Gasteiger partial charge in [-0.1, -0.05) is 6.07 Å². The number of halogens is 1.